The molecular weight excluding hydrogens is 334 g/mol. The van der Waals surface area contributed by atoms with Gasteiger partial charge in [-0.15, -0.1) is 0 Å². The smallest absolute Gasteiger partial charge is 0.255 e. The van der Waals surface area contributed by atoms with Gasteiger partial charge in [-0.25, -0.2) is 0 Å². The van der Waals surface area contributed by atoms with Crippen LogP contribution in [0.1, 0.15) is 40.1 Å². The van der Waals surface area contributed by atoms with Gasteiger partial charge >= 0.3 is 0 Å². The lowest BCUT2D eigenvalue weighted by molar-refractivity contribution is -0.136. The van der Waals surface area contributed by atoms with E-state index in [1.165, 1.54) is 0 Å². The van der Waals surface area contributed by atoms with Crippen LogP contribution in [0.15, 0.2) is 41.0 Å². The Labute approximate surface area is 150 Å². The standard InChI is InChI=1S/C19H19N3O4/c23-17-7-6-16(18(24)21-17)22-11-15-12(3-1-5-14(15)19(22)25)9-20-10-13-4-2-8-26-13/h1-5,8,16,20H,6-7,9-11H2,(H,21,23,24). The topological polar surface area (TPSA) is 91.7 Å². The predicted molar refractivity (Wildman–Crippen MR) is 91.7 cm³/mol. The molecule has 2 N–H and O–H groups in total. The molecule has 0 spiro atoms. The molecule has 1 aromatic heterocycles. The second kappa shape index (κ2) is 6.76. The Morgan fingerprint density at radius 1 is 1.15 bits per heavy atom. The first-order valence-electron chi connectivity index (χ1n) is 8.62. The van der Waals surface area contributed by atoms with Gasteiger partial charge in [0.2, 0.25) is 11.8 Å². The molecule has 0 bridgehead atoms. The fourth-order valence-corrected chi connectivity index (χ4v) is 3.55. The van der Waals surface area contributed by atoms with E-state index in [1.807, 2.05) is 24.3 Å². The number of hydrogen-bond donors (Lipinski definition) is 2. The fraction of sp³-hybridized carbons (Fsp3) is 0.316. The molecule has 1 atom stereocenters. The zero-order valence-corrected chi connectivity index (χ0v) is 14.2. The first kappa shape index (κ1) is 16.5. The van der Waals surface area contributed by atoms with Gasteiger partial charge in [0.15, 0.2) is 0 Å². The van der Waals surface area contributed by atoms with Gasteiger partial charge in [-0.1, -0.05) is 12.1 Å². The van der Waals surface area contributed by atoms with Crippen LogP contribution in [-0.4, -0.2) is 28.7 Å². The zero-order chi connectivity index (χ0) is 18.1. The molecule has 0 radical (unpaired) electrons. The van der Waals surface area contributed by atoms with Crippen molar-refractivity contribution in [3.63, 3.8) is 0 Å². The van der Waals surface area contributed by atoms with Crippen molar-refractivity contribution < 1.29 is 18.8 Å². The summed E-state index contributed by atoms with van der Waals surface area (Å²) < 4.78 is 5.30. The fourth-order valence-electron chi connectivity index (χ4n) is 3.55. The van der Waals surface area contributed by atoms with Gasteiger partial charge in [0.1, 0.15) is 11.8 Å². The Hall–Kier alpha value is -2.93. The summed E-state index contributed by atoms with van der Waals surface area (Å²) in [6.45, 7) is 1.58. The lowest BCUT2D eigenvalue weighted by Crippen LogP contribution is -2.52. The third-order valence-corrected chi connectivity index (χ3v) is 4.87. The molecule has 0 saturated carbocycles. The van der Waals surface area contributed by atoms with Crippen molar-refractivity contribution in [2.75, 3.05) is 0 Å². The summed E-state index contributed by atoms with van der Waals surface area (Å²) in [6.07, 6.45) is 2.26. The first-order chi connectivity index (χ1) is 12.6. The molecule has 2 aliphatic rings. The van der Waals surface area contributed by atoms with Crippen LogP contribution in [0.4, 0.5) is 0 Å². The van der Waals surface area contributed by atoms with E-state index in [1.54, 1.807) is 17.2 Å². The second-order valence-corrected chi connectivity index (χ2v) is 6.53. The average Bonchev–Trinajstić information content (AvgIpc) is 3.24. The van der Waals surface area contributed by atoms with E-state index in [2.05, 4.69) is 10.6 Å². The number of nitrogens with one attached hydrogen (secondary N) is 2. The summed E-state index contributed by atoms with van der Waals surface area (Å²) in [5.74, 6) is 0.0272. The Balaban J connectivity index is 1.49. The Bertz CT molecular complexity index is 860. The van der Waals surface area contributed by atoms with Crippen molar-refractivity contribution >= 4 is 17.7 Å². The molecule has 1 fully saturated rings. The number of hydrogen-bond acceptors (Lipinski definition) is 5. The Kier molecular flexibility index (Phi) is 4.30. The molecule has 1 saturated heterocycles. The van der Waals surface area contributed by atoms with Gasteiger partial charge < -0.3 is 14.6 Å². The highest BCUT2D eigenvalue weighted by Gasteiger charge is 2.39. The van der Waals surface area contributed by atoms with E-state index in [9.17, 15) is 14.4 Å². The molecule has 0 aliphatic carbocycles. The van der Waals surface area contributed by atoms with Crippen LogP contribution in [0.25, 0.3) is 0 Å². The Morgan fingerprint density at radius 2 is 2.04 bits per heavy atom. The maximum absolute atomic E-state index is 12.8. The van der Waals surface area contributed by atoms with Gasteiger partial charge in [0.25, 0.3) is 5.91 Å². The van der Waals surface area contributed by atoms with Crippen molar-refractivity contribution in [3.05, 3.63) is 59.0 Å². The van der Waals surface area contributed by atoms with E-state index < -0.39 is 6.04 Å². The highest BCUT2D eigenvalue weighted by molar-refractivity contribution is 6.05. The minimum atomic E-state index is -0.587. The highest BCUT2D eigenvalue weighted by Crippen LogP contribution is 2.29. The van der Waals surface area contributed by atoms with E-state index in [4.69, 9.17) is 4.42 Å². The lowest BCUT2D eigenvalue weighted by Gasteiger charge is -2.29. The molecule has 7 nitrogen and oxygen atoms in total. The van der Waals surface area contributed by atoms with Gasteiger partial charge in [-0.3, -0.25) is 19.7 Å². The van der Waals surface area contributed by atoms with E-state index in [0.717, 1.165) is 16.9 Å². The number of imide groups is 1. The summed E-state index contributed by atoms with van der Waals surface area (Å²) >= 11 is 0. The average molecular weight is 353 g/mol. The third kappa shape index (κ3) is 3.01. The number of carbonyl (C=O) groups excluding carboxylic acids is 3. The molecule has 3 amide bonds. The number of piperidine rings is 1. The quantitative estimate of drug-likeness (QED) is 0.792. The number of rotatable bonds is 5. The summed E-state index contributed by atoms with van der Waals surface area (Å²) in [6, 6.07) is 8.78. The maximum Gasteiger partial charge on any atom is 0.255 e. The molecule has 26 heavy (non-hydrogen) atoms. The maximum atomic E-state index is 12.8. The SMILES string of the molecule is O=C1CCC(N2Cc3c(CNCc4ccco4)cccc3C2=O)C(=O)N1. The minimum absolute atomic E-state index is 0.151. The normalized spacial score (nSPS) is 19.6. The molecule has 2 aromatic rings. The van der Waals surface area contributed by atoms with Gasteiger partial charge in [0, 0.05) is 25.1 Å². The molecule has 4 rings (SSSR count). The Morgan fingerprint density at radius 3 is 2.81 bits per heavy atom. The van der Waals surface area contributed by atoms with Gasteiger partial charge in [-0.05, 0) is 35.7 Å². The first-order valence-corrected chi connectivity index (χ1v) is 8.62. The zero-order valence-electron chi connectivity index (χ0n) is 14.2. The van der Waals surface area contributed by atoms with Crippen LogP contribution < -0.4 is 10.6 Å². The van der Waals surface area contributed by atoms with Crippen molar-refractivity contribution in [2.45, 2.75) is 38.5 Å². The van der Waals surface area contributed by atoms with Crippen LogP contribution in [-0.2, 0) is 29.2 Å². The highest BCUT2D eigenvalue weighted by atomic mass is 16.3. The monoisotopic (exact) mass is 353 g/mol. The summed E-state index contributed by atoms with van der Waals surface area (Å²) in [7, 11) is 0. The van der Waals surface area contributed by atoms with Crippen molar-refractivity contribution in [3.8, 4) is 0 Å². The van der Waals surface area contributed by atoms with E-state index in [-0.39, 0.29) is 24.1 Å². The van der Waals surface area contributed by atoms with Crippen LogP contribution in [0.2, 0.25) is 0 Å². The van der Waals surface area contributed by atoms with Crippen LogP contribution in [0, 0.1) is 0 Å². The number of benzene rings is 1. The minimum Gasteiger partial charge on any atom is -0.468 e. The van der Waals surface area contributed by atoms with Crippen molar-refractivity contribution in [1.29, 1.82) is 0 Å². The van der Waals surface area contributed by atoms with Crippen molar-refractivity contribution in [1.82, 2.24) is 15.5 Å². The van der Waals surface area contributed by atoms with Gasteiger partial charge in [-0.2, -0.15) is 0 Å². The molecule has 134 valence electrons. The molecule has 2 aliphatic heterocycles. The van der Waals surface area contributed by atoms with Crippen LogP contribution >= 0.6 is 0 Å². The molecule has 1 aromatic carbocycles. The number of fused-ring (bicyclic) bond motifs is 1. The number of amides is 3. The molecule has 3 heterocycles. The van der Waals surface area contributed by atoms with E-state index >= 15 is 0 Å². The van der Waals surface area contributed by atoms with E-state index in [0.29, 0.717) is 31.6 Å². The molecular formula is C19H19N3O4. The van der Waals surface area contributed by atoms with Gasteiger partial charge in [0.05, 0.1) is 12.8 Å². The van der Waals surface area contributed by atoms with Crippen molar-refractivity contribution in [2.24, 2.45) is 0 Å². The second-order valence-electron chi connectivity index (χ2n) is 6.53. The number of carbonyl (C=O) groups is 3. The predicted octanol–water partition coefficient (Wildman–Crippen LogP) is 1.33. The molecule has 1 unspecified atom stereocenters. The van der Waals surface area contributed by atoms with Crippen LogP contribution in [0.3, 0.4) is 0 Å². The summed E-state index contributed by atoms with van der Waals surface area (Å²) in [5, 5.41) is 5.63. The third-order valence-electron chi connectivity index (χ3n) is 4.87. The molecule has 7 heteroatoms. The summed E-state index contributed by atoms with van der Waals surface area (Å²) in [5.41, 5.74) is 2.60. The lowest BCUT2D eigenvalue weighted by atomic mass is 10.0. The number of nitrogens with zero attached hydrogens (tertiary/aromatic N) is 1. The summed E-state index contributed by atoms with van der Waals surface area (Å²) in [4.78, 5) is 37.8. The van der Waals surface area contributed by atoms with Crippen LogP contribution in [0.5, 0.6) is 0 Å². The number of furan rings is 1. The largest absolute Gasteiger partial charge is 0.468 e.